The molecule has 234 valence electrons. The van der Waals surface area contributed by atoms with Gasteiger partial charge in [0.1, 0.15) is 12.0 Å². The number of hydrogen-bond acceptors (Lipinski definition) is 3. The maximum absolute atomic E-state index is 4.63. The first kappa shape index (κ1) is 28.7. The van der Waals surface area contributed by atoms with Crippen molar-refractivity contribution in [2.45, 2.75) is 43.7 Å². The SMILES string of the molecule is C1=CNC(C2=CC=C(c3ccc4c(c3)C3=C(CCC(C5C=CC(c6ncc[nH]6)=CC5)=C3)C4(c3ccccc3)c3ccccc3)CC2)N=C1. The second kappa shape index (κ2) is 12.0. The van der Waals surface area contributed by atoms with E-state index >= 15 is 0 Å². The van der Waals surface area contributed by atoms with Crippen LogP contribution < -0.4 is 5.32 Å². The van der Waals surface area contributed by atoms with Crippen LogP contribution in [0.2, 0.25) is 0 Å². The molecule has 3 aromatic carbocycles. The summed E-state index contributed by atoms with van der Waals surface area (Å²) in [7, 11) is 0. The minimum Gasteiger partial charge on any atom is -0.366 e. The third kappa shape index (κ3) is 4.74. The summed E-state index contributed by atoms with van der Waals surface area (Å²) in [6, 6.07) is 29.7. The summed E-state index contributed by atoms with van der Waals surface area (Å²) in [4.78, 5) is 12.4. The topological polar surface area (TPSA) is 53.1 Å². The van der Waals surface area contributed by atoms with Crippen molar-refractivity contribution in [1.82, 2.24) is 15.3 Å². The Morgan fingerprint density at radius 3 is 2.29 bits per heavy atom. The summed E-state index contributed by atoms with van der Waals surface area (Å²) >= 11 is 0. The fourth-order valence-corrected chi connectivity index (χ4v) is 8.52. The molecule has 48 heavy (non-hydrogen) atoms. The van der Waals surface area contributed by atoms with E-state index in [1.165, 1.54) is 61.3 Å². The first-order chi connectivity index (χ1) is 23.8. The van der Waals surface area contributed by atoms with Crippen molar-refractivity contribution < 1.29 is 0 Å². The Kier molecular flexibility index (Phi) is 7.15. The fraction of sp³-hybridized carbons (Fsp3) is 0.182. The zero-order valence-corrected chi connectivity index (χ0v) is 26.9. The number of aliphatic imine (C=N–C) groups is 1. The number of aromatic nitrogens is 2. The van der Waals surface area contributed by atoms with Crippen LogP contribution in [0.3, 0.4) is 0 Å². The lowest BCUT2D eigenvalue weighted by atomic mass is 9.65. The lowest BCUT2D eigenvalue weighted by Gasteiger charge is -2.37. The number of fused-ring (bicyclic) bond motifs is 2. The molecule has 9 rings (SSSR count). The number of H-pyrrole nitrogens is 1. The summed E-state index contributed by atoms with van der Waals surface area (Å²) in [5.41, 5.74) is 14.8. The third-order valence-corrected chi connectivity index (χ3v) is 10.8. The minimum absolute atomic E-state index is 0.0440. The Labute approximate surface area is 282 Å². The molecule has 2 unspecified atom stereocenters. The lowest BCUT2D eigenvalue weighted by Crippen LogP contribution is -2.30. The molecule has 0 fully saturated rings. The van der Waals surface area contributed by atoms with Crippen LogP contribution in [-0.4, -0.2) is 22.3 Å². The Morgan fingerprint density at radius 1 is 0.812 bits per heavy atom. The van der Waals surface area contributed by atoms with Crippen molar-refractivity contribution in [2.75, 3.05) is 0 Å². The summed E-state index contributed by atoms with van der Waals surface area (Å²) in [6.07, 6.45) is 28.8. The van der Waals surface area contributed by atoms with Crippen LogP contribution in [0.15, 0.2) is 162 Å². The van der Waals surface area contributed by atoms with E-state index in [0.29, 0.717) is 5.92 Å². The molecule has 0 bridgehead atoms. The van der Waals surface area contributed by atoms with Crippen molar-refractivity contribution >= 4 is 22.9 Å². The smallest absolute Gasteiger partial charge is 0.140 e. The van der Waals surface area contributed by atoms with Crippen molar-refractivity contribution in [3.8, 4) is 0 Å². The number of allylic oxidation sites excluding steroid dienone is 12. The zero-order valence-electron chi connectivity index (χ0n) is 26.9. The van der Waals surface area contributed by atoms with Crippen LogP contribution in [0.5, 0.6) is 0 Å². The summed E-state index contributed by atoms with van der Waals surface area (Å²) in [6.45, 7) is 0. The van der Waals surface area contributed by atoms with E-state index in [1.807, 2.05) is 30.9 Å². The standard InChI is InChI=1S/C44H38N4/c1-3-8-36(9-4-1)44(37-10-5-2-6-11-37)40-22-20-34(30-12-16-32(17-13-30)42-45-24-7-25-46-42)28-38(40)39-29-35(21-23-41(39)44)31-14-18-33(19-15-31)43-47-26-27-48-43/h1-12,14,16,18-20,22,24-29,31,42,45H,13,15,17,21,23H2,(H,47,48). The number of rotatable bonds is 6. The highest BCUT2D eigenvalue weighted by atomic mass is 15.1. The van der Waals surface area contributed by atoms with Gasteiger partial charge in [-0.3, -0.25) is 4.99 Å². The average molecular weight is 623 g/mol. The summed E-state index contributed by atoms with van der Waals surface area (Å²) < 4.78 is 0. The van der Waals surface area contributed by atoms with Gasteiger partial charge in [0.15, 0.2) is 0 Å². The van der Waals surface area contributed by atoms with E-state index in [4.69, 9.17) is 0 Å². The number of nitrogens with zero attached hydrogens (tertiary/aromatic N) is 2. The van der Waals surface area contributed by atoms with Gasteiger partial charge >= 0.3 is 0 Å². The molecule has 0 spiro atoms. The highest BCUT2D eigenvalue weighted by molar-refractivity contribution is 5.92. The van der Waals surface area contributed by atoms with Crippen molar-refractivity contribution in [2.24, 2.45) is 10.9 Å². The predicted octanol–water partition coefficient (Wildman–Crippen LogP) is 9.51. The molecule has 0 amide bonds. The molecular formula is C44H38N4. The van der Waals surface area contributed by atoms with Crippen LogP contribution in [0, 0.1) is 5.92 Å². The molecule has 0 saturated heterocycles. The van der Waals surface area contributed by atoms with Gasteiger partial charge in [0, 0.05) is 30.1 Å². The molecular weight excluding hydrogens is 585 g/mol. The quantitative estimate of drug-likeness (QED) is 0.225. The normalized spacial score (nSPS) is 22.2. The van der Waals surface area contributed by atoms with E-state index in [-0.39, 0.29) is 11.6 Å². The van der Waals surface area contributed by atoms with Gasteiger partial charge in [0.2, 0.25) is 0 Å². The molecule has 5 aliphatic rings. The molecule has 4 nitrogen and oxygen atoms in total. The first-order valence-corrected chi connectivity index (χ1v) is 17.2. The summed E-state index contributed by atoms with van der Waals surface area (Å²) in [5.74, 6) is 1.34. The van der Waals surface area contributed by atoms with E-state index in [0.717, 1.165) is 37.9 Å². The third-order valence-electron chi connectivity index (χ3n) is 10.8. The van der Waals surface area contributed by atoms with Gasteiger partial charge in [-0.25, -0.2) is 4.98 Å². The number of nitrogens with one attached hydrogen (secondary N) is 2. The van der Waals surface area contributed by atoms with Crippen LogP contribution in [-0.2, 0) is 5.41 Å². The second-order valence-corrected chi connectivity index (χ2v) is 13.3. The molecule has 1 aromatic heterocycles. The first-order valence-electron chi connectivity index (χ1n) is 17.2. The molecule has 2 heterocycles. The molecule has 4 aliphatic carbocycles. The number of hydrogen-bond donors (Lipinski definition) is 2. The molecule has 2 N–H and O–H groups in total. The van der Waals surface area contributed by atoms with Crippen LogP contribution in [0.4, 0.5) is 0 Å². The predicted molar refractivity (Wildman–Crippen MR) is 197 cm³/mol. The molecule has 2 atom stereocenters. The molecule has 4 aromatic rings. The van der Waals surface area contributed by atoms with E-state index < -0.39 is 0 Å². The van der Waals surface area contributed by atoms with Gasteiger partial charge in [-0.05, 0) is 101 Å². The number of aromatic amines is 1. The van der Waals surface area contributed by atoms with E-state index in [2.05, 4.69) is 136 Å². The van der Waals surface area contributed by atoms with Gasteiger partial charge < -0.3 is 10.3 Å². The lowest BCUT2D eigenvalue weighted by molar-refractivity contribution is 0.653. The van der Waals surface area contributed by atoms with Gasteiger partial charge in [-0.15, -0.1) is 0 Å². The fourth-order valence-electron chi connectivity index (χ4n) is 8.52. The second-order valence-electron chi connectivity index (χ2n) is 13.3. The van der Waals surface area contributed by atoms with Gasteiger partial charge in [-0.2, -0.15) is 0 Å². The van der Waals surface area contributed by atoms with Crippen molar-refractivity contribution in [1.29, 1.82) is 0 Å². The Balaban J connectivity index is 1.17. The Hall–Kier alpha value is -5.48. The molecule has 0 saturated carbocycles. The molecule has 4 heteroatoms. The maximum atomic E-state index is 4.63. The highest BCUT2D eigenvalue weighted by Crippen LogP contribution is 2.58. The monoisotopic (exact) mass is 622 g/mol. The van der Waals surface area contributed by atoms with Crippen LogP contribution >= 0.6 is 0 Å². The van der Waals surface area contributed by atoms with E-state index in [1.54, 1.807) is 0 Å². The van der Waals surface area contributed by atoms with Crippen LogP contribution in [0.25, 0.3) is 16.7 Å². The Bertz CT molecular complexity index is 2080. The molecule has 1 aliphatic heterocycles. The number of imidazole rings is 1. The highest BCUT2D eigenvalue weighted by Gasteiger charge is 2.48. The largest absolute Gasteiger partial charge is 0.366 e. The average Bonchev–Trinajstić information content (AvgIpc) is 3.82. The maximum Gasteiger partial charge on any atom is 0.140 e. The summed E-state index contributed by atoms with van der Waals surface area (Å²) in [5, 5.41) is 3.39. The zero-order chi connectivity index (χ0) is 31.9. The van der Waals surface area contributed by atoms with E-state index in [9.17, 15) is 0 Å². The van der Waals surface area contributed by atoms with Gasteiger partial charge in [0.05, 0.1) is 5.41 Å². The molecule has 0 radical (unpaired) electrons. The van der Waals surface area contributed by atoms with Crippen LogP contribution in [0.1, 0.15) is 65.7 Å². The minimum atomic E-state index is -0.325. The van der Waals surface area contributed by atoms with Gasteiger partial charge in [0.25, 0.3) is 0 Å². The number of benzene rings is 3. The van der Waals surface area contributed by atoms with Crippen molar-refractivity contribution in [3.63, 3.8) is 0 Å². The Morgan fingerprint density at radius 2 is 1.62 bits per heavy atom. The van der Waals surface area contributed by atoms with Gasteiger partial charge in [-0.1, -0.05) is 115 Å². The van der Waals surface area contributed by atoms with Crippen molar-refractivity contribution in [3.05, 3.63) is 190 Å².